The van der Waals surface area contributed by atoms with Gasteiger partial charge in [-0.15, -0.1) is 0 Å². The van der Waals surface area contributed by atoms with E-state index in [4.69, 9.17) is 4.74 Å². The first-order valence-electron chi connectivity index (χ1n) is 5.83. The van der Waals surface area contributed by atoms with E-state index in [9.17, 15) is 14.7 Å². The standard InChI is InChI=1S/C13H14BrNO4/c1-19-13(18)12(8-2-4-10(16)5-3-8)15-7-9(14)6-11(15)17/h2-5,9,12,16H,6-7H2,1H3/t9?,12-/m1/s1. The SMILES string of the molecule is COC(=O)[C@@H](c1ccc(O)cc1)N1CC(Br)CC1=O. The average molecular weight is 328 g/mol. The lowest BCUT2D eigenvalue weighted by molar-refractivity contribution is -0.151. The minimum Gasteiger partial charge on any atom is -0.508 e. The Labute approximate surface area is 119 Å². The highest BCUT2D eigenvalue weighted by atomic mass is 79.9. The van der Waals surface area contributed by atoms with Crippen LogP contribution < -0.4 is 0 Å². The molecule has 0 saturated carbocycles. The van der Waals surface area contributed by atoms with Crippen LogP contribution in [0.2, 0.25) is 0 Å². The third-order valence-corrected chi connectivity index (χ3v) is 3.67. The van der Waals surface area contributed by atoms with Crippen molar-refractivity contribution in [3.05, 3.63) is 29.8 Å². The topological polar surface area (TPSA) is 66.8 Å². The predicted octanol–water partition coefficient (Wildman–Crippen LogP) is 1.60. The molecule has 2 atom stereocenters. The molecule has 2 rings (SSSR count). The van der Waals surface area contributed by atoms with Gasteiger partial charge in [0.2, 0.25) is 5.91 Å². The molecular formula is C13H14BrNO4. The maximum Gasteiger partial charge on any atom is 0.333 e. The Bertz CT molecular complexity index is 488. The van der Waals surface area contributed by atoms with Crippen molar-refractivity contribution >= 4 is 27.8 Å². The number of ether oxygens (including phenoxy) is 1. The quantitative estimate of drug-likeness (QED) is 0.676. The molecule has 1 aromatic carbocycles. The first kappa shape index (κ1) is 13.9. The number of hydrogen-bond donors (Lipinski definition) is 1. The molecule has 1 aliphatic heterocycles. The van der Waals surface area contributed by atoms with Crippen molar-refractivity contribution in [1.82, 2.24) is 4.90 Å². The van der Waals surface area contributed by atoms with Crippen LogP contribution in [-0.2, 0) is 14.3 Å². The van der Waals surface area contributed by atoms with E-state index in [1.54, 1.807) is 12.1 Å². The number of nitrogens with zero attached hydrogens (tertiary/aromatic N) is 1. The zero-order valence-electron chi connectivity index (χ0n) is 10.4. The van der Waals surface area contributed by atoms with Gasteiger partial charge in [-0.25, -0.2) is 4.79 Å². The van der Waals surface area contributed by atoms with Crippen LogP contribution in [0.5, 0.6) is 5.75 Å². The maximum atomic E-state index is 11.9. The number of phenols is 1. The summed E-state index contributed by atoms with van der Waals surface area (Å²) in [5, 5.41) is 9.29. The highest BCUT2D eigenvalue weighted by Gasteiger charge is 2.38. The Morgan fingerprint density at radius 2 is 2.11 bits per heavy atom. The van der Waals surface area contributed by atoms with Gasteiger partial charge in [0.1, 0.15) is 5.75 Å². The summed E-state index contributed by atoms with van der Waals surface area (Å²) in [6.07, 6.45) is 0.367. The Kier molecular flexibility index (Phi) is 4.09. The van der Waals surface area contributed by atoms with Crippen LogP contribution in [0.25, 0.3) is 0 Å². The first-order valence-corrected chi connectivity index (χ1v) is 6.74. The molecule has 102 valence electrons. The van der Waals surface area contributed by atoms with Crippen molar-refractivity contribution in [2.24, 2.45) is 0 Å². The zero-order chi connectivity index (χ0) is 14.0. The fourth-order valence-corrected chi connectivity index (χ4v) is 2.74. The number of esters is 1. The van der Waals surface area contributed by atoms with Gasteiger partial charge in [0.25, 0.3) is 0 Å². The Hall–Kier alpha value is -1.56. The van der Waals surface area contributed by atoms with E-state index in [0.29, 0.717) is 18.5 Å². The number of methoxy groups -OCH3 is 1. The second kappa shape index (κ2) is 5.61. The van der Waals surface area contributed by atoms with Crippen LogP contribution in [0.15, 0.2) is 24.3 Å². The number of carbonyl (C=O) groups is 2. The van der Waals surface area contributed by atoms with Gasteiger partial charge in [0.05, 0.1) is 7.11 Å². The second-order valence-corrected chi connectivity index (χ2v) is 5.66. The van der Waals surface area contributed by atoms with Crippen LogP contribution >= 0.6 is 15.9 Å². The van der Waals surface area contributed by atoms with Gasteiger partial charge in [-0.05, 0) is 17.7 Å². The third kappa shape index (κ3) is 2.89. The number of hydrogen-bond acceptors (Lipinski definition) is 4. The number of aromatic hydroxyl groups is 1. The Morgan fingerprint density at radius 1 is 1.47 bits per heavy atom. The van der Waals surface area contributed by atoms with Crippen LogP contribution in [0.1, 0.15) is 18.0 Å². The molecule has 1 N–H and O–H groups in total. The van der Waals surface area contributed by atoms with E-state index in [0.717, 1.165) is 0 Å². The van der Waals surface area contributed by atoms with Crippen molar-refractivity contribution in [2.45, 2.75) is 17.3 Å². The van der Waals surface area contributed by atoms with Crippen molar-refractivity contribution in [3.63, 3.8) is 0 Å². The molecule has 1 fully saturated rings. The van der Waals surface area contributed by atoms with Gasteiger partial charge in [0.15, 0.2) is 6.04 Å². The van der Waals surface area contributed by atoms with Crippen molar-refractivity contribution < 1.29 is 19.4 Å². The monoisotopic (exact) mass is 327 g/mol. The number of halogens is 1. The van der Waals surface area contributed by atoms with Gasteiger partial charge >= 0.3 is 5.97 Å². The lowest BCUT2D eigenvalue weighted by atomic mass is 10.1. The summed E-state index contributed by atoms with van der Waals surface area (Å²) in [7, 11) is 1.29. The molecule has 1 saturated heterocycles. The highest BCUT2D eigenvalue weighted by molar-refractivity contribution is 9.09. The molecule has 1 aromatic rings. The number of amides is 1. The molecule has 0 aliphatic carbocycles. The molecule has 0 radical (unpaired) electrons. The second-order valence-electron chi connectivity index (χ2n) is 4.36. The predicted molar refractivity (Wildman–Crippen MR) is 71.9 cm³/mol. The summed E-state index contributed by atoms with van der Waals surface area (Å²) in [5.74, 6) is -0.468. The molecular weight excluding hydrogens is 314 g/mol. The number of phenolic OH excluding ortho intramolecular Hbond substituents is 1. The number of carbonyl (C=O) groups excluding carboxylic acids is 2. The lowest BCUT2D eigenvalue weighted by Gasteiger charge is -2.26. The molecule has 0 bridgehead atoms. The van der Waals surface area contributed by atoms with Crippen molar-refractivity contribution in [2.75, 3.05) is 13.7 Å². The summed E-state index contributed by atoms with van der Waals surface area (Å²) in [5.41, 5.74) is 0.625. The molecule has 1 unspecified atom stereocenters. The third-order valence-electron chi connectivity index (χ3n) is 3.06. The van der Waals surface area contributed by atoms with Gasteiger partial charge in [-0.2, -0.15) is 0 Å². The van der Waals surface area contributed by atoms with Gasteiger partial charge in [0, 0.05) is 17.8 Å². The minimum absolute atomic E-state index is 0.0456. The number of likely N-dealkylation sites (tertiary alicyclic amines) is 1. The van der Waals surface area contributed by atoms with E-state index in [2.05, 4.69) is 15.9 Å². The van der Waals surface area contributed by atoms with Crippen LogP contribution in [0.4, 0.5) is 0 Å². The summed E-state index contributed by atoms with van der Waals surface area (Å²) in [4.78, 5) is 25.4. The first-order chi connectivity index (χ1) is 9.02. The van der Waals surface area contributed by atoms with Gasteiger partial charge < -0.3 is 14.7 Å². The number of rotatable bonds is 3. The molecule has 5 nitrogen and oxygen atoms in total. The summed E-state index contributed by atoms with van der Waals surface area (Å²) < 4.78 is 4.78. The number of benzene rings is 1. The Morgan fingerprint density at radius 3 is 2.58 bits per heavy atom. The van der Waals surface area contributed by atoms with Crippen molar-refractivity contribution in [3.8, 4) is 5.75 Å². The fourth-order valence-electron chi connectivity index (χ4n) is 2.15. The highest BCUT2D eigenvalue weighted by Crippen LogP contribution is 2.30. The largest absolute Gasteiger partial charge is 0.508 e. The minimum atomic E-state index is -0.763. The number of alkyl halides is 1. The molecule has 1 aliphatic rings. The lowest BCUT2D eigenvalue weighted by Crippen LogP contribution is -2.36. The van der Waals surface area contributed by atoms with Crippen LogP contribution in [0, 0.1) is 0 Å². The molecule has 19 heavy (non-hydrogen) atoms. The van der Waals surface area contributed by atoms with E-state index >= 15 is 0 Å². The summed E-state index contributed by atoms with van der Waals surface area (Å²) in [6.45, 7) is 0.458. The molecule has 1 heterocycles. The molecule has 0 spiro atoms. The fraction of sp³-hybridized carbons (Fsp3) is 0.385. The average Bonchev–Trinajstić information content (AvgIpc) is 2.71. The van der Waals surface area contributed by atoms with E-state index in [1.165, 1.54) is 24.1 Å². The summed E-state index contributed by atoms with van der Waals surface area (Å²) in [6, 6.07) is 5.44. The van der Waals surface area contributed by atoms with Crippen LogP contribution in [0.3, 0.4) is 0 Å². The van der Waals surface area contributed by atoms with Crippen LogP contribution in [-0.4, -0.2) is 40.4 Å². The maximum absolute atomic E-state index is 11.9. The van der Waals surface area contributed by atoms with Gasteiger partial charge in [-0.3, -0.25) is 4.79 Å². The molecule has 6 heteroatoms. The van der Waals surface area contributed by atoms with Gasteiger partial charge in [-0.1, -0.05) is 28.1 Å². The van der Waals surface area contributed by atoms with E-state index in [-0.39, 0.29) is 16.5 Å². The van der Waals surface area contributed by atoms with E-state index in [1.807, 2.05) is 0 Å². The normalized spacial score (nSPS) is 20.4. The molecule has 0 aromatic heterocycles. The summed E-state index contributed by atoms with van der Waals surface area (Å²) >= 11 is 3.39. The zero-order valence-corrected chi connectivity index (χ0v) is 12.0. The smallest absolute Gasteiger partial charge is 0.333 e. The van der Waals surface area contributed by atoms with Crippen molar-refractivity contribution in [1.29, 1.82) is 0 Å². The molecule has 1 amide bonds. The Balaban J connectivity index is 2.33. The van der Waals surface area contributed by atoms with E-state index < -0.39 is 12.0 Å².